The number of amides is 1. The van der Waals surface area contributed by atoms with Gasteiger partial charge in [-0.2, -0.15) is 0 Å². The first-order chi connectivity index (χ1) is 14.0. The highest BCUT2D eigenvalue weighted by molar-refractivity contribution is 7.93. The van der Waals surface area contributed by atoms with Crippen LogP contribution < -0.4 is 19.1 Å². The number of rotatable bonds is 4. The Morgan fingerprint density at radius 3 is 2.48 bits per heavy atom. The number of carbonyl (C=O) groups excluding carboxylic acids is 1. The number of benzene rings is 2. The molecule has 1 saturated heterocycles. The molecule has 0 aromatic heterocycles. The summed E-state index contributed by atoms with van der Waals surface area (Å²) in [5.74, 6) is 1.22. The first-order valence-corrected chi connectivity index (χ1v) is 11.1. The van der Waals surface area contributed by atoms with Gasteiger partial charge in [-0.3, -0.25) is 9.10 Å². The second kappa shape index (κ2) is 8.16. The second-order valence-electron chi connectivity index (χ2n) is 6.87. The largest absolute Gasteiger partial charge is 0.490 e. The molecule has 2 aliphatic heterocycles. The maximum absolute atomic E-state index is 12.2. The minimum Gasteiger partial charge on any atom is -0.490 e. The Hall–Kier alpha value is -3.00. The third-order valence-electron chi connectivity index (χ3n) is 4.72. The van der Waals surface area contributed by atoms with E-state index in [2.05, 4.69) is 5.32 Å². The molecule has 29 heavy (non-hydrogen) atoms. The molecule has 0 saturated carbocycles. The van der Waals surface area contributed by atoms with Gasteiger partial charge in [-0.15, -0.1) is 0 Å². The number of ether oxygens (including phenoxy) is 2. The molecule has 2 heterocycles. The van der Waals surface area contributed by atoms with Crippen LogP contribution in [0.5, 0.6) is 11.5 Å². The van der Waals surface area contributed by atoms with Crippen molar-refractivity contribution in [1.82, 2.24) is 0 Å². The summed E-state index contributed by atoms with van der Waals surface area (Å²) in [4.78, 5) is 12.2. The lowest BCUT2D eigenvalue weighted by molar-refractivity contribution is -0.111. The van der Waals surface area contributed by atoms with Crippen LogP contribution in [0, 0.1) is 0 Å². The number of nitrogens with one attached hydrogen (secondary N) is 1. The number of hydrogen-bond donors (Lipinski definition) is 1. The molecule has 7 nitrogen and oxygen atoms in total. The highest BCUT2D eigenvalue weighted by atomic mass is 32.2. The average molecular weight is 414 g/mol. The van der Waals surface area contributed by atoms with Crippen LogP contribution in [-0.2, 0) is 14.8 Å². The number of carbonyl (C=O) groups is 1. The Kier molecular flexibility index (Phi) is 5.44. The SMILES string of the molecule is O=C(C=Cc1ccc(N2CCCS2(=O)=O)cc1)Nc1ccc2c(c1)OCCCO2. The Bertz CT molecular complexity index is 1030. The van der Waals surface area contributed by atoms with Gasteiger partial charge in [0.05, 0.1) is 24.7 Å². The smallest absolute Gasteiger partial charge is 0.248 e. The predicted molar refractivity (Wildman–Crippen MR) is 112 cm³/mol. The Morgan fingerprint density at radius 1 is 1.00 bits per heavy atom. The van der Waals surface area contributed by atoms with E-state index in [1.807, 2.05) is 0 Å². The topological polar surface area (TPSA) is 84.9 Å². The minimum atomic E-state index is -3.19. The van der Waals surface area contributed by atoms with Gasteiger partial charge in [-0.05, 0) is 42.3 Å². The minimum absolute atomic E-state index is 0.189. The van der Waals surface area contributed by atoms with E-state index in [1.165, 1.54) is 10.4 Å². The van der Waals surface area contributed by atoms with E-state index in [1.54, 1.807) is 48.5 Å². The van der Waals surface area contributed by atoms with E-state index >= 15 is 0 Å². The molecule has 0 bridgehead atoms. The number of fused-ring (bicyclic) bond motifs is 1. The fourth-order valence-corrected chi connectivity index (χ4v) is 4.84. The normalized spacial score (nSPS) is 17.9. The monoisotopic (exact) mass is 414 g/mol. The third-order valence-corrected chi connectivity index (χ3v) is 6.59. The highest BCUT2D eigenvalue weighted by Crippen LogP contribution is 2.32. The number of nitrogens with zero attached hydrogens (tertiary/aromatic N) is 1. The van der Waals surface area contributed by atoms with E-state index in [9.17, 15) is 13.2 Å². The van der Waals surface area contributed by atoms with Crippen molar-refractivity contribution in [2.75, 3.05) is 35.1 Å². The Balaban J connectivity index is 1.39. The van der Waals surface area contributed by atoms with Crippen molar-refractivity contribution >= 4 is 33.4 Å². The van der Waals surface area contributed by atoms with Crippen LogP contribution in [-0.4, -0.2) is 39.8 Å². The van der Waals surface area contributed by atoms with Crippen LogP contribution >= 0.6 is 0 Å². The van der Waals surface area contributed by atoms with E-state index in [0.29, 0.717) is 49.1 Å². The molecule has 0 atom stereocenters. The molecule has 152 valence electrons. The summed E-state index contributed by atoms with van der Waals surface area (Å²) < 4.78 is 36.6. The molecule has 0 spiro atoms. The van der Waals surface area contributed by atoms with Crippen LogP contribution in [0.1, 0.15) is 18.4 Å². The second-order valence-corrected chi connectivity index (χ2v) is 8.88. The molecule has 0 unspecified atom stereocenters. The summed E-state index contributed by atoms with van der Waals surface area (Å²) in [5, 5.41) is 2.80. The summed E-state index contributed by atoms with van der Waals surface area (Å²) in [6.07, 6.45) is 4.58. The van der Waals surface area contributed by atoms with Gasteiger partial charge in [0.1, 0.15) is 0 Å². The van der Waals surface area contributed by atoms with Crippen molar-refractivity contribution in [3.05, 3.63) is 54.1 Å². The van der Waals surface area contributed by atoms with Crippen LogP contribution in [0.3, 0.4) is 0 Å². The Morgan fingerprint density at radius 2 is 1.76 bits per heavy atom. The van der Waals surface area contributed by atoms with E-state index < -0.39 is 10.0 Å². The molecule has 0 radical (unpaired) electrons. The van der Waals surface area contributed by atoms with Crippen molar-refractivity contribution in [2.24, 2.45) is 0 Å². The lowest BCUT2D eigenvalue weighted by Gasteiger charge is -2.16. The zero-order valence-corrected chi connectivity index (χ0v) is 16.7. The Labute approximate surface area is 170 Å². The molecule has 2 aromatic carbocycles. The summed E-state index contributed by atoms with van der Waals surface area (Å²) >= 11 is 0. The maximum Gasteiger partial charge on any atom is 0.248 e. The summed E-state index contributed by atoms with van der Waals surface area (Å²) in [5.41, 5.74) is 2.08. The number of sulfonamides is 1. The number of hydrogen-bond acceptors (Lipinski definition) is 5. The zero-order chi connectivity index (χ0) is 20.3. The summed E-state index contributed by atoms with van der Waals surface area (Å²) in [6, 6.07) is 12.4. The van der Waals surface area contributed by atoms with Gasteiger partial charge < -0.3 is 14.8 Å². The van der Waals surface area contributed by atoms with Gasteiger partial charge in [-0.25, -0.2) is 8.42 Å². The quantitative estimate of drug-likeness (QED) is 0.778. The van der Waals surface area contributed by atoms with Crippen molar-refractivity contribution in [3.8, 4) is 11.5 Å². The molecule has 2 aromatic rings. The van der Waals surface area contributed by atoms with Gasteiger partial charge in [0.25, 0.3) is 0 Å². The van der Waals surface area contributed by atoms with Gasteiger partial charge in [0, 0.05) is 30.8 Å². The summed E-state index contributed by atoms with van der Waals surface area (Å²) in [7, 11) is -3.19. The number of anilines is 2. The van der Waals surface area contributed by atoms with E-state index in [4.69, 9.17) is 9.47 Å². The average Bonchev–Trinajstić information content (AvgIpc) is 2.91. The fraction of sp³-hybridized carbons (Fsp3) is 0.286. The van der Waals surface area contributed by atoms with Crippen LogP contribution in [0.4, 0.5) is 11.4 Å². The van der Waals surface area contributed by atoms with Crippen molar-refractivity contribution < 1.29 is 22.7 Å². The van der Waals surface area contributed by atoms with Gasteiger partial charge in [-0.1, -0.05) is 12.1 Å². The van der Waals surface area contributed by atoms with Crippen LogP contribution in [0.15, 0.2) is 48.5 Å². The molecular weight excluding hydrogens is 392 g/mol. The molecule has 2 aliphatic rings. The highest BCUT2D eigenvalue weighted by Gasteiger charge is 2.28. The van der Waals surface area contributed by atoms with Gasteiger partial charge in [0.15, 0.2) is 11.5 Å². The van der Waals surface area contributed by atoms with Gasteiger partial charge in [0.2, 0.25) is 15.9 Å². The van der Waals surface area contributed by atoms with E-state index in [0.717, 1.165) is 12.0 Å². The van der Waals surface area contributed by atoms with E-state index in [-0.39, 0.29) is 11.7 Å². The first kappa shape index (κ1) is 19.3. The molecule has 0 aliphatic carbocycles. The van der Waals surface area contributed by atoms with Crippen molar-refractivity contribution in [1.29, 1.82) is 0 Å². The van der Waals surface area contributed by atoms with Crippen LogP contribution in [0.25, 0.3) is 6.08 Å². The molecule has 1 amide bonds. The summed E-state index contributed by atoms with van der Waals surface area (Å²) in [6.45, 7) is 1.71. The lowest BCUT2D eigenvalue weighted by Crippen LogP contribution is -2.24. The van der Waals surface area contributed by atoms with Gasteiger partial charge >= 0.3 is 0 Å². The molecule has 4 rings (SSSR count). The molecular formula is C21H22N2O5S. The molecule has 1 N–H and O–H groups in total. The molecule has 1 fully saturated rings. The lowest BCUT2D eigenvalue weighted by atomic mass is 10.2. The molecule has 8 heteroatoms. The standard InChI is InChI=1S/C21H22N2O5S/c24-21(22-17-6-9-19-20(15-17)28-13-2-12-27-19)10-5-16-3-7-18(8-4-16)23-11-1-14-29(23,25)26/h3-10,15H,1-2,11-14H2,(H,22,24). The van der Waals surface area contributed by atoms with Crippen molar-refractivity contribution in [2.45, 2.75) is 12.8 Å². The third kappa shape index (κ3) is 4.54. The first-order valence-electron chi connectivity index (χ1n) is 9.50. The fourth-order valence-electron chi connectivity index (χ4n) is 3.28. The maximum atomic E-state index is 12.2. The zero-order valence-electron chi connectivity index (χ0n) is 15.8. The predicted octanol–water partition coefficient (Wildman–Crippen LogP) is 3.04. The van der Waals surface area contributed by atoms with Crippen molar-refractivity contribution in [3.63, 3.8) is 0 Å². The van der Waals surface area contributed by atoms with Crippen LogP contribution in [0.2, 0.25) is 0 Å².